The highest BCUT2D eigenvalue weighted by molar-refractivity contribution is 6.06. The van der Waals surface area contributed by atoms with E-state index in [-0.39, 0.29) is 5.91 Å². The Bertz CT molecular complexity index is 1340. The molecule has 33 heavy (non-hydrogen) atoms. The Labute approximate surface area is 194 Å². The number of hydrogen-bond acceptors (Lipinski definition) is 3. The van der Waals surface area contributed by atoms with Crippen molar-refractivity contribution in [1.29, 1.82) is 0 Å². The summed E-state index contributed by atoms with van der Waals surface area (Å²) in [4.78, 5) is 14.8. The Kier molecular flexibility index (Phi) is 5.91. The molecule has 5 rings (SSSR count). The van der Waals surface area contributed by atoms with Gasteiger partial charge in [0.05, 0.1) is 12.9 Å². The summed E-state index contributed by atoms with van der Waals surface area (Å²) in [5.74, 6) is 0.820. The number of allylic oxidation sites excluding steroid dienone is 1. The van der Waals surface area contributed by atoms with Gasteiger partial charge < -0.3 is 14.1 Å². The molecule has 1 aliphatic rings. The second kappa shape index (κ2) is 9.14. The predicted molar refractivity (Wildman–Crippen MR) is 134 cm³/mol. The molecule has 1 fully saturated rings. The summed E-state index contributed by atoms with van der Waals surface area (Å²) in [6.07, 6.45) is 6.95. The fourth-order valence-corrected chi connectivity index (χ4v) is 4.78. The number of furan rings is 1. The summed E-state index contributed by atoms with van der Waals surface area (Å²) in [7, 11) is 0. The molecule has 0 saturated carbocycles. The molecule has 1 amide bonds. The Morgan fingerprint density at radius 3 is 2.61 bits per heavy atom. The summed E-state index contributed by atoms with van der Waals surface area (Å²) >= 11 is 0. The molecule has 3 aromatic carbocycles. The SMILES string of the molecule is CCOc1cc2occ(-c3cccc4ccccc34)c2cc1/C(C)=C/C(=O)N1CCCCC1. The molecular weight excluding hydrogens is 410 g/mol. The highest BCUT2D eigenvalue weighted by Crippen LogP contribution is 2.39. The van der Waals surface area contributed by atoms with Crippen LogP contribution in [0.4, 0.5) is 0 Å². The van der Waals surface area contributed by atoms with Crippen molar-refractivity contribution in [3.8, 4) is 16.9 Å². The topological polar surface area (TPSA) is 42.7 Å². The number of carbonyl (C=O) groups is 1. The zero-order chi connectivity index (χ0) is 22.8. The summed E-state index contributed by atoms with van der Waals surface area (Å²) in [5.41, 5.74) is 4.79. The molecule has 1 aromatic heterocycles. The van der Waals surface area contributed by atoms with E-state index in [1.807, 2.05) is 31.1 Å². The van der Waals surface area contributed by atoms with Gasteiger partial charge in [0.25, 0.3) is 0 Å². The van der Waals surface area contributed by atoms with E-state index in [0.717, 1.165) is 64.9 Å². The maximum atomic E-state index is 12.9. The molecule has 0 atom stereocenters. The Hall–Kier alpha value is -3.53. The summed E-state index contributed by atoms with van der Waals surface area (Å²) in [5, 5.41) is 3.40. The number of likely N-dealkylation sites (tertiary alicyclic amines) is 1. The average molecular weight is 440 g/mol. The van der Waals surface area contributed by atoms with E-state index in [2.05, 4.69) is 48.5 Å². The van der Waals surface area contributed by atoms with Gasteiger partial charge in [0.15, 0.2) is 0 Å². The first-order chi connectivity index (χ1) is 16.2. The second-order valence-electron chi connectivity index (χ2n) is 8.67. The van der Waals surface area contributed by atoms with Crippen molar-refractivity contribution in [3.05, 3.63) is 72.5 Å². The molecule has 0 aliphatic carbocycles. The maximum Gasteiger partial charge on any atom is 0.246 e. The van der Waals surface area contributed by atoms with E-state index in [0.29, 0.717) is 6.61 Å². The number of carbonyl (C=O) groups excluding carboxylic acids is 1. The van der Waals surface area contributed by atoms with Gasteiger partial charge in [0.1, 0.15) is 11.3 Å². The van der Waals surface area contributed by atoms with Crippen molar-refractivity contribution in [2.24, 2.45) is 0 Å². The van der Waals surface area contributed by atoms with Crippen molar-refractivity contribution in [1.82, 2.24) is 4.90 Å². The van der Waals surface area contributed by atoms with Crippen LogP contribution >= 0.6 is 0 Å². The normalized spacial score (nSPS) is 14.7. The first-order valence-electron chi connectivity index (χ1n) is 11.8. The lowest BCUT2D eigenvalue weighted by molar-refractivity contribution is -0.126. The van der Waals surface area contributed by atoms with Crippen LogP contribution in [0.15, 0.2) is 71.4 Å². The molecule has 0 N–H and O–H groups in total. The second-order valence-corrected chi connectivity index (χ2v) is 8.67. The largest absolute Gasteiger partial charge is 0.493 e. The van der Waals surface area contributed by atoms with Crippen LogP contribution in [-0.2, 0) is 4.79 Å². The number of nitrogens with zero attached hydrogens (tertiary/aromatic N) is 1. The average Bonchev–Trinajstić information content (AvgIpc) is 3.26. The molecule has 1 aliphatic heterocycles. The van der Waals surface area contributed by atoms with E-state index >= 15 is 0 Å². The minimum Gasteiger partial charge on any atom is -0.493 e. The van der Waals surface area contributed by atoms with Crippen LogP contribution in [-0.4, -0.2) is 30.5 Å². The van der Waals surface area contributed by atoms with Gasteiger partial charge in [-0.05, 0) is 61.1 Å². The van der Waals surface area contributed by atoms with Gasteiger partial charge in [0.2, 0.25) is 5.91 Å². The van der Waals surface area contributed by atoms with E-state index in [4.69, 9.17) is 9.15 Å². The highest BCUT2D eigenvalue weighted by atomic mass is 16.5. The minimum absolute atomic E-state index is 0.0798. The zero-order valence-electron chi connectivity index (χ0n) is 19.3. The summed E-state index contributed by atoms with van der Waals surface area (Å²) < 4.78 is 11.9. The minimum atomic E-state index is 0.0798. The van der Waals surface area contributed by atoms with E-state index < -0.39 is 0 Å². The third kappa shape index (κ3) is 4.13. The molecule has 0 unspecified atom stereocenters. The lowest BCUT2D eigenvalue weighted by atomic mass is 9.96. The van der Waals surface area contributed by atoms with Gasteiger partial charge in [-0.25, -0.2) is 0 Å². The van der Waals surface area contributed by atoms with Crippen molar-refractivity contribution in [2.75, 3.05) is 19.7 Å². The maximum absolute atomic E-state index is 12.9. The van der Waals surface area contributed by atoms with Crippen molar-refractivity contribution >= 4 is 33.2 Å². The molecule has 4 heteroatoms. The Balaban J connectivity index is 1.61. The molecule has 4 aromatic rings. The van der Waals surface area contributed by atoms with Gasteiger partial charge in [0, 0.05) is 41.7 Å². The van der Waals surface area contributed by atoms with Crippen LogP contribution in [0.2, 0.25) is 0 Å². The van der Waals surface area contributed by atoms with E-state index in [9.17, 15) is 4.79 Å². The number of ether oxygens (including phenoxy) is 1. The lowest BCUT2D eigenvalue weighted by Crippen LogP contribution is -2.34. The van der Waals surface area contributed by atoms with Crippen LogP contribution in [0.3, 0.4) is 0 Å². The molecule has 2 heterocycles. The Morgan fingerprint density at radius 1 is 1.00 bits per heavy atom. The Morgan fingerprint density at radius 2 is 1.79 bits per heavy atom. The third-order valence-electron chi connectivity index (χ3n) is 6.49. The molecule has 1 saturated heterocycles. The third-order valence-corrected chi connectivity index (χ3v) is 6.49. The zero-order valence-corrected chi connectivity index (χ0v) is 19.3. The summed E-state index contributed by atoms with van der Waals surface area (Å²) in [6, 6.07) is 18.8. The monoisotopic (exact) mass is 439 g/mol. The number of piperidine rings is 1. The van der Waals surface area contributed by atoms with Crippen LogP contribution in [0.5, 0.6) is 5.75 Å². The van der Waals surface area contributed by atoms with Crippen LogP contribution in [0.1, 0.15) is 38.7 Å². The molecule has 0 bridgehead atoms. The van der Waals surface area contributed by atoms with Gasteiger partial charge in [-0.15, -0.1) is 0 Å². The quantitative estimate of drug-likeness (QED) is 0.312. The first kappa shape index (κ1) is 21.3. The van der Waals surface area contributed by atoms with Gasteiger partial charge in [-0.1, -0.05) is 42.5 Å². The molecule has 0 radical (unpaired) electrons. The van der Waals surface area contributed by atoms with E-state index in [1.54, 1.807) is 6.08 Å². The molecule has 168 valence electrons. The van der Waals surface area contributed by atoms with E-state index in [1.165, 1.54) is 17.2 Å². The fraction of sp³-hybridized carbons (Fsp3) is 0.276. The molecular formula is C29H29NO3. The van der Waals surface area contributed by atoms with Crippen molar-refractivity contribution in [2.45, 2.75) is 33.1 Å². The molecule has 0 spiro atoms. The lowest BCUT2D eigenvalue weighted by Gasteiger charge is -2.25. The first-order valence-corrected chi connectivity index (χ1v) is 11.8. The number of amides is 1. The number of benzene rings is 3. The van der Waals surface area contributed by atoms with Gasteiger partial charge >= 0.3 is 0 Å². The highest BCUT2D eigenvalue weighted by Gasteiger charge is 2.18. The summed E-state index contributed by atoms with van der Waals surface area (Å²) in [6.45, 7) is 6.18. The van der Waals surface area contributed by atoms with Crippen molar-refractivity contribution < 1.29 is 13.9 Å². The van der Waals surface area contributed by atoms with Crippen LogP contribution in [0, 0.1) is 0 Å². The van der Waals surface area contributed by atoms with Crippen LogP contribution in [0.25, 0.3) is 38.4 Å². The smallest absolute Gasteiger partial charge is 0.246 e. The fourth-order valence-electron chi connectivity index (χ4n) is 4.78. The number of rotatable bonds is 5. The van der Waals surface area contributed by atoms with Gasteiger partial charge in [-0.2, -0.15) is 0 Å². The standard InChI is InChI=1S/C29H29NO3/c1-3-32-27-18-28-25(17-24(27)20(2)16-29(31)30-14-7-4-8-15-30)26(19-33-28)23-13-9-11-21-10-5-6-12-22(21)23/h5-6,9-13,16-19H,3-4,7-8,14-15H2,1-2H3/b20-16+. The van der Waals surface area contributed by atoms with Crippen molar-refractivity contribution in [3.63, 3.8) is 0 Å². The van der Waals surface area contributed by atoms with Crippen LogP contribution < -0.4 is 4.74 Å². The predicted octanol–water partition coefficient (Wildman–Crippen LogP) is 7.07. The number of hydrogen-bond donors (Lipinski definition) is 0. The van der Waals surface area contributed by atoms with Gasteiger partial charge in [-0.3, -0.25) is 4.79 Å². The number of fused-ring (bicyclic) bond motifs is 2. The molecule has 4 nitrogen and oxygen atoms in total.